The Morgan fingerprint density at radius 3 is 2.88 bits per heavy atom. The summed E-state index contributed by atoms with van der Waals surface area (Å²) in [5.41, 5.74) is 1.99. The highest BCUT2D eigenvalue weighted by Crippen LogP contribution is 2.51. The van der Waals surface area contributed by atoms with Gasteiger partial charge in [-0.2, -0.15) is 0 Å². The number of ether oxygens (including phenoxy) is 1. The first kappa shape index (κ1) is 16.3. The Labute approximate surface area is 139 Å². The van der Waals surface area contributed by atoms with Gasteiger partial charge in [-0.25, -0.2) is 14.5 Å². The van der Waals surface area contributed by atoms with Crippen LogP contribution in [0.1, 0.15) is 18.9 Å². The van der Waals surface area contributed by atoms with E-state index in [1.165, 1.54) is 0 Å². The lowest BCUT2D eigenvalue weighted by Gasteiger charge is -2.34. The van der Waals surface area contributed by atoms with Gasteiger partial charge in [-0.05, 0) is 30.2 Å². The van der Waals surface area contributed by atoms with E-state index in [0.717, 1.165) is 36.4 Å². The molecule has 7 nitrogen and oxygen atoms in total. The largest absolute Gasteiger partial charge is 0.508 e. The second kappa shape index (κ2) is 5.83. The summed E-state index contributed by atoms with van der Waals surface area (Å²) in [5, 5.41) is 18.3. The minimum Gasteiger partial charge on any atom is -0.508 e. The van der Waals surface area contributed by atoms with E-state index in [1.807, 2.05) is 18.0 Å². The third kappa shape index (κ3) is 2.60. The Bertz CT molecular complexity index is 717. The minimum atomic E-state index is -1.19. The first-order valence-corrected chi connectivity index (χ1v) is 7.71. The van der Waals surface area contributed by atoms with Crippen molar-refractivity contribution in [2.24, 2.45) is 0 Å². The van der Waals surface area contributed by atoms with Crippen LogP contribution in [0.15, 0.2) is 30.4 Å². The van der Waals surface area contributed by atoms with Gasteiger partial charge >= 0.3 is 11.9 Å². The van der Waals surface area contributed by atoms with Crippen LogP contribution < -0.4 is 4.90 Å². The predicted molar refractivity (Wildman–Crippen MR) is 86.7 cm³/mol. The van der Waals surface area contributed by atoms with Crippen molar-refractivity contribution in [1.29, 1.82) is 0 Å². The van der Waals surface area contributed by atoms with Crippen molar-refractivity contribution in [3.63, 3.8) is 0 Å². The topological polar surface area (TPSA) is 90.3 Å². The lowest BCUT2D eigenvalue weighted by molar-refractivity contribution is -0.143. The summed E-state index contributed by atoms with van der Waals surface area (Å²) in [6.45, 7) is 2.98. The highest BCUT2D eigenvalue weighted by Gasteiger charge is 2.53. The van der Waals surface area contributed by atoms with Gasteiger partial charge in [-0.1, -0.05) is 6.92 Å². The number of likely N-dealkylation sites (tertiary alicyclic amines) is 1. The molecule has 24 heavy (non-hydrogen) atoms. The summed E-state index contributed by atoms with van der Waals surface area (Å²) in [7, 11) is 1.98. The number of carbonyl (C=O) groups is 2. The Kier molecular flexibility index (Phi) is 3.96. The van der Waals surface area contributed by atoms with E-state index in [-0.39, 0.29) is 24.1 Å². The van der Waals surface area contributed by atoms with Gasteiger partial charge in [0.2, 0.25) is 0 Å². The van der Waals surface area contributed by atoms with Crippen LogP contribution >= 0.6 is 0 Å². The van der Waals surface area contributed by atoms with E-state index in [0.29, 0.717) is 0 Å². The number of aromatic hydroxyl groups is 1. The summed E-state index contributed by atoms with van der Waals surface area (Å²) in [4.78, 5) is 26.2. The third-order valence-electron chi connectivity index (χ3n) is 4.91. The molecule has 1 saturated heterocycles. The van der Waals surface area contributed by atoms with Crippen molar-refractivity contribution in [3.05, 3.63) is 35.9 Å². The van der Waals surface area contributed by atoms with E-state index in [1.54, 1.807) is 12.1 Å². The van der Waals surface area contributed by atoms with Gasteiger partial charge in [0.15, 0.2) is 0 Å². The van der Waals surface area contributed by atoms with Gasteiger partial charge in [0.1, 0.15) is 12.5 Å². The second-order valence-corrected chi connectivity index (χ2v) is 6.43. The number of phenolic OH excluding ortho intramolecular Hbond substituents is 1. The van der Waals surface area contributed by atoms with Crippen LogP contribution in [0.3, 0.4) is 0 Å². The van der Waals surface area contributed by atoms with Crippen LogP contribution in [0, 0.1) is 0 Å². The van der Waals surface area contributed by atoms with Crippen LogP contribution in [0.2, 0.25) is 0 Å². The summed E-state index contributed by atoms with van der Waals surface area (Å²) in [6, 6.07) is 5.37. The first-order chi connectivity index (χ1) is 11.3. The van der Waals surface area contributed by atoms with E-state index < -0.39 is 11.9 Å². The molecular weight excluding hydrogens is 312 g/mol. The van der Waals surface area contributed by atoms with Crippen LogP contribution in [-0.2, 0) is 19.7 Å². The zero-order valence-electron chi connectivity index (χ0n) is 13.6. The Morgan fingerprint density at radius 1 is 1.42 bits per heavy atom. The van der Waals surface area contributed by atoms with Gasteiger partial charge in [0.05, 0.1) is 6.17 Å². The molecule has 0 bridgehead atoms. The van der Waals surface area contributed by atoms with E-state index >= 15 is 0 Å². The molecule has 128 valence electrons. The van der Waals surface area contributed by atoms with Crippen molar-refractivity contribution < 1.29 is 24.5 Å². The van der Waals surface area contributed by atoms with Gasteiger partial charge in [0.25, 0.3) is 0 Å². The number of phenols is 1. The molecule has 0 aromatic heterocycles. The number of esters is 1. The molecule has 2 N–H and O–H groups in total. The molecule has 2 heterocycles. The number of benzene rings is 1. The molecule has 1 fully saturated rings. The van der Waals surface area contributed by atoms with Gasteiger partial charge in [0, 0.05) is 36.8 Å². The predicted octanol–water partition coefficient (Wildman–Crippen LogP) is 1.27. The number of nitrogens with zero attached hydrogens (tertiary/aromatic N) is 2. The molecule has 2 atom stereocenters. The monoisotopic (exact) mass is 332 g/mol. The van der Waals surface area contributed by atoms with Crippen molar-refractivity contribution in [3.8, 4) is 5.75 Å². The normalized spacial score (nSPS) is 25.8. The maximum atomic E-state index is 11.6. The molecule has 0 amide bonds. The highest BCUT2D eigenvalue weighted by atomic mass is 16.5. The molecule has 2 aliphatic rings. The number of hydrogen-bond donors (Lipinski definition) is 2. The summed E-state index contributed by atoms with van der Waals surface area (Å²) in [6.07, 6.45) is 2.56. The molecular formula is C17H20N2O5. The number of hydrogen-bond acceptors (Lipinski definition) is 6. The van der Waals surface area contributed by atoms with Gasteiger partial charge in [-0.3, -0.25) is 0 Å². The molecule has 1 aromatic carbocycles. The maximum absolute atomic E-state index is 11.6. The number of fused-ring (bicyclic) bond motifs is 3. The number of aliphatic carboxylic acids is 1. The Morgan fingerprint density at radius 2 is 2.17 bits per heavy atom. The molecule has 0 saturated carbocycles. The SMILES string of the molecule is CN1c2ccc(O)cc2[C@@]2(C)CCN(COC(=O)/C=C/C(=O)O)[C@@H]12. The smallest absolute Gasteiger partial charge is 0.332 e. The van der Waals surface area contributed by atoms with Crippen molar-refractivity contribution in [2.75, 3.05) is 25.2 Å². The highest BCUT2D eigenvalue weighted by molar-refractivity contribution is 5.90. The summed E-state index contributed by atoms with van der Waals surface area (Å²) < 4.78 is 5.16. The average molecular weight is 332 g/mol. The Hall–Kier alpha value is -2.54. The number of carbonyl (C=O) groups excluding carboxylic acids is 1. The Balaban J connectivity index is 1.74. The lowest BCUT2D eigenvalue weighted by Crippen LogP contribution is -2.48. The van der Waals surface area contributed by atoms with Crippen molar-refractivity contribution in [2.45, 2.75) is 24.9 Å². The minimum absolute atomic E-state index is 0.0190. The standard InChI is InChI=1S/C17H20N2O5/c1-17-7-8-19(10-24-15(23)6-5-14(21)22)16(17)18(2)13-4-3-11(20)9-12(13)17/h3-6,9,16,20H,7-8,10H2,1-2H3,(H,21,22)/b6-5+/t16-,17-/m1/s1. The molecule has 0 aliphatic carbocycles. The number of anilines is 1. The fourth-order valence-corrected chi connectivity index (χ4v) is 3.87. The molecule has 0 unspecified atom stereocenters. The summed E-state index contributed by atoms with van der Waals surface area (Å²) >= 11 is 0. The van der Waals surface area contributed by atoms with Crippen LogP contribution in [-0.4, -0.2) is 53.5 Å². The fraction of sp³-hybridized carbons (Fsp3) is 0.412. The van der Waals surface area contributed by atoms with Crippen LogP contribution in [0.5, 0.6) is 5.75 Å². The number of rotatable bonds is 4. The van der Waals surface area contributed by atoms with Gasteiger partial charge < -0.3 is 19.8 Å². The van der Waals surface area contributed by atoms with Crippen molar-refractivity contribution in [1.82, 2.24) is 4.90 Å². The van der Waals surface area contributed by atoms with E-state index in [4.69, 9.17) is 9.84 Å². The molecule has 3 rings (SSSR count). The number of carboxylic acids is 1. The van der Waals surface area contributed by atoms with Crippen LogP contribution in [0.25, 0.3) is 0 Å². The maximum Gasteiger partial charge on any atom is 0.332 e. The lowest BCUT2D eigenvalue weighted by atomic mass is 9.81. The summed E-state index contributed by atoms with van der Waals surface area (Å²) in [5.74, 6) is -1.62. The molecule has 7 heteroatoms. The first-order valence-electron chi connectivity index (χ1n) is 7.71. The quantitative estimate of drug-likeness (QED) is 0.634. The zero-order chi connectivity index (χ0) is 17.5. The molecule has 2 aliphatic heterocycles. The second-order valence-electron chi connectivity index (χ2n) is 6.43. The van der Waals surface area contributed by atoms with E-state index in [9.17, 15) is 14.7 Å². The molecule has 0 radical (unpaired) electrons. The number of likely N-dealkylation sites (N-methyl/N-ethyl adjacent to an activating group) is 1. The van der Waals surface area contributed by atoms with Crippen LogP contribution in [0.4, 0.5) is 5.69 Å². The zero-order valence-corrected chi connectivity index (χ0v) is 13.6. The molecule has 1 aromatic rings. The number of carboxylic acid groups (broad SMARTS) is 1. The third-order valence-corrected chi connectivity index (χ3v) is 4.91. The fourth-order valence-electron chi connectivity index (χ4n) is 3.87. The molecule has 0 spiro atoms. The van der Waals surface area contributed by atoms with Crippen molar-refractivity contribution >= 4 is 17.6 Å². The van der Waals surface area contributed by atoms with Gasteiger partial charge in [-0.15, -0.1) is 0 Å². The van der Waals surface area contributed by atoms with E-state index in [2.05, 4.69) is 11.8 Å². The average Bonchev–Trinajstić information content (AvgIpc) is 2.97.